The van der Waals surface area contributed by atoms with Crippen molar-refractivity contribution in [2.75, 3.05) is 56.6 Å². The van der Waals surface area contributed by atoms with E-state index in [-0.39, 0.29) is 11.4 Å². The molecule has 2 aliphatic heterocycles. The fourth-order valence-electron chi connectivity index (χ4n) is 4.93. The van der Waals surface area contributed by atoms with E-state index in [2.05, 4.69) is 54.1 Å². The molecule has 2 heterocycles. The molecule has 2 aromatic carbocycles. The first kappa shape index (κ1) is 23.7. The van der Waals surface area contributed by atoms with Gasteiger partial charge in [-0.3, -0.25) is 4.90 Å². The molecule has 2 fully saturated rings. The highest BCUT2D eigenvalue weighted by Crippen LogP contribution is 2.38. The Bertz CT molecular complexity index is 990. The summed E-state index contributed by atoms with van der Waals surface area (Å²) in [5.74, 6) is 0.842. The number of hydrogen-bond acceptors (Lipinski definition) is 4. The van der Waals surface area contributed by atoms with Gasteiger partial charge in [0.15, 0.2) is 0 Å². The van der Waals surface area contributed by atoms with Gasteiger partial charge in [-0.05, 0) is 50.1 Å². The van der Waals surface area contributed by atoms with Gasteiger partial charge >= 0.3 is 6.03 Å². The molecule has 33 heavy (non-hydrogen) atoms. The summed E-state index contributed by atoms with van der Waals surface area (Å²) < 4.78 is 5.40. The molecule has 0 aliphatic carbocycles. The zero-order valence-electron chi connectivity index (χ0n) is 20.1. The third-order valence-electron chi connectivity index (χ3n) is 7.14. The Morgan fingerprint density at radius 3 is 2.52 bits per heavy atom. The van der Waals surface area contributed by atoms with E-state index in [0.717, 1.165) is 44.0 Å². The number of rotatable bonds is 5. The van der Waals surface area contributed by atoms with Crippen molar-refractivity contribution in [1.29, 1.82) is 0 Å². The van der Waals surface area contributed by atoms with Gasteiger partial charge in [0, 0.05) is 50.7 Å². The van der Waals surface area contributed by atoms with Crippen molar-refractivity contribution >= 4 is 29.0 Å². The minimum Gasteiger partial charge on any atom is -0.497 e. The summed E-state index contributed by atoms with van der Waals surface area (Å²) in [6, 6.07) is 14.4. The van der Waals surface area contributed by atoms with Crippen molar-refractivity contribution in [2.45, 2.75) is 38.6 Å². The van der Waals surface area contributed by atoms with E-state index in [1.807, 2.05) is 29.2 Å². The predicted octanol–water partition coefficient (Wildman–Crippen LogP) is 5.07. The lowest BCUT2D eigenvalue weighted by Gasteiger charge is -2.39. The van der Waals surface area contributed by atoms with Crippen LogP contribution in [-0.4, -0.2) is 68.3 Å². The number of piperazine rings is 1. The Hall–Kier alpha value is -2.44. The number of benzene rings is 2. The number of hydrogen-bond donors (Lipinski definition) is 1. The molecule has 178 valence electrons. The van der Waals surface area contributed by atoms with Gasteiger partial charge in [0.25, 0.3) is 0 Å². The number of likely N-dealkylation sites (tertiary alicyclic amines) is 1. The maximum absolute atomic E-state index is 13.3. The molecule has 7 heteroatoms. The molecule has 1 N–H and O–H groups in total. The van der Waals surface area contributed by atoms with Gasteiger partial charge in [-0.15, -0.1) is 0 Å². The van der Waals surface area contributed by atoms with E-state index < -0.39 is 0 Å². The number of nitrogens with one attached hydrogen (secondary N) is 1. The van der Waals surface area contributed by atoms with Gasteiger partial charge in [-0.1, -0.05) is 36.7 Å². The standard InChI is InChI=1S/C26H35ClN4O2/c1-19(2)29-13-15-30(16-14-29)23-10-6-9-22(27)24(23)28-25(32)31-12-11-26(3,18-31)20-7-5-8-21(17-20)33-4/h5-10,17,19H,11-16,18H2,1-4H3,(H,28,32). The van der Waals surface area contributed by atoms with Crippen molar-refractivity contribution in [3.05, 3.63) is 53.1 Å². The van der Waals surface area contributed by atoms with Crippen LogP contribution in [0.25, 0.3) is 0 Å². The van der Waals surface area contributed by atoms with Crippen LogP contribution < -0.4 is 15.0 Å². The monoisotopic (exact) mass is 470 g/mol. The lowest BCUT2D eigenvalue weighted by Crippen LogP contribution is -2.49. The Labute approximate surface area is 202 Å². The van der Waals surface area contributed by atoms with E-state index in [1.54, 1.807) is 7.11 Å². The van der Waals surface area contributed by atoms with Crippen LogP contribution in [0.15, 0.2) is 42.5 Å². The largest absolute Gasteiger partial charge is 0.497 e. The van der Waals surface area contributed by atoms with E-state index in [4.69, 9.17) is 16.3 Å². The molecular formula is C26H35ClN4O2. The second-order valence-corrected chi connectivity index (χ2v) is 10.1. The highest BCUT2D eigenvalue weighted by atomic mass is 35.5. The molecule has 0 spiro atoms. The molecule has 2 amide bonds. The van der Waals surface area contributed by atoms with Crippen LogP contribution in [-0.2, 0) is 5.41 Å². The molecule has 2 aromatic rings. The number of methoxy groups -OCH3 is 1. The average molecular weight is 471 g/mol. The quantitative estimate of drug-likeness (QED) is 0.662. The summed E-state index contributed by atoms with van der Waals surface area (Å²) in [5.41, 5.74) is 2.78. The predicted molar refractivity (Wildman–Crippen MR) is 136 cm³/mol. The summed E-state index contributed by atoms with van der Waals surface area (Å²) in [4.78, 5) is 20.0. The lowest BCUT2D eigenvalue weighted by molar-refractivity contribution is 0.209. The molecule has 2 aliphatic rings. The molecule has 4 rings (SSSR count). The fraction of sp³-hybridized carbons (Fsp3) is 0.500. The van der Waals surface area contributed by atoms with Crippen molar-refractivity contribution in [3.8, 4) is 5.75 Å². The highest BCUT2D eigenvalue weighted by molar-refractivity contribution is 6.34. The molecule has 2 saturated heterocycles. The van der Waals surface area contributed by atoms with E-state index >= 15 is 0 Å². The first-order chi connectivity index (χ1) is 15.8. The third kappa shape index (κ3) is 5.07. The summed E-state index contributed by atoms with van der Waals surface area (Å²) in [6.07, 6.45) is 0.903. The molecule has 0 saturated carbocycles. The SMILES string of the molecule is COc1cccc(C2(C)CCN(C(=O)Nc3c(Cl)cccc3N3CCN(C(C)C)CC3)C2)c1. The number of anilines is 2. The number of urea groups is 1. The molecule has 1 atom stereocenters. The number of nitrogens with zero attached hydrogens (tertiary/aromatic N) is 3. The second-order valence-electron chi connectivity index (χ2n) is 9.65. The minimum absolute atomic E-state index is 0.100. The first-order valence-corrected chi connectivity index (χ1v) is 12.2. The van der Waals surface area contributed by atoms with Gasteiger partial charge in [0.05, 0.1) is 23.5 Å². The van der Waals surface area contributed by atoms with Crippen molar-refractivity contribution in [1.82, 2.24) is 9.80 Å². The van der Waals surface area contributed by atoms with E-state index in [0.29, 0.717) is 29.8 Å². The molecular weight excluding hydrogens is 436 g/mol. The Morgan fingerprint density at radius 1 is 1.09 bits per heavy atom. The number of ether oxygens (including phenoxy) is 1. The van der Waals surface area contributed by atoms with E-state index in [1.165, 1.54) is 5.56 Å². The molecule has 0 aromatic heterocycles. The zero-order valence-corrected chi connectivity index (χ0v) is 20.9. The van der Waals surface area contributed by atoms with Crippen molar-refractivity contribution in [2.24, 2.45) is 0 Å². The number of carbonyl (C=O) groups is 1. The Morgan fingerprint density at radius 2 is 1.82 bits per heavy atom. The van der Waals surface area contributed by atoms with Crippen molar-refractivity contribution < 1.29 is 9.53 Å². The van der Waals surface area contributed by atoms with Gasteiger partial charge in [0.1, 0.15) is 5.75 Å². The Kier molecular flexibility index (Phi) is 7.05. The molecule has 0 radical (unpaired) electrons. The second kappa shape index (κ2) is 9.82. The van der Waals surface area contributed by atoms with Crippen LogP contribution in [0.3, 0.4) is 0 Å². The topological polar surface area (TPSA) is 48.1 Å². The smallest absolute Gasteiger partial charge is 0.321 e. The van der Waals surface area contributed by atoms with Crippen LogP contribution in [0, 0.1) is 0 Å². The lowest BCUT2D eigenvalue weighted by atomic mass is 9.82. The molecule has 0 bridgehead atoms. The van der Waals surface area contributed by atoms with E-state index in [9.17, 15) is 4.79 Å². The van der Waals surface area contributed by atoms with Gasteiger partial charge in [0.2, 0.25) is 0 Å². The number of carbonyl (C=O) groups excluding carboxylic acids is 1. The summed E-state index contributed by atoms with van der Waals surface area (Å²) >= 11 is 6.58. The van der Waals surface area contributed by atoms with Gasteiger partial charge in [-0.2, -0.15) is 0 Å². The normalized spacial score (nSPS) is 21.5. The third-order valence-corrected chi connectivity index (χ3v) is 7.45. The minimum atomic E-state index is -0.109. The number of para-hydroxylation sites is 1. The molecule has 1 unspecified atom stereocenters. The van der Waals surface area contributed by atoms with Gasteiger partial charge in [-0.25, -0.2) is 4.79 Å². The molecule has 6 nitrogen and oxygen atoms in total. The number of amides is 2. The summed E-state index contributed by atoms with van der Waals surface area (Å²) in [7, 11) is 1.68. The van der Waals surface area contributed by atoms with Crippen LogP contribution in [0.5, 0.6) is 5.75 Å². The van der Waals surface area contributed by atoms with Crippen LogP contribution in [0.4, 0.5) is 16.2 Å². The van der Waals surface area contributed by atoms with Crippen LogP contribution in [0.1, 0.15) is 32.8 Å². The first-order valence-electron chi connectivity index (χ1n) is 11.8. The fourth-order valence-corrected chi connectivity index (χ4v) is 5.15. The maximum Gasteiger partial charge on any atom is 0.321 e. The average Bonchev–Trinajstić information content (AvgIpc) is 3.24. The number of halogens is 1. The van der Waals surface area contributed by atoms with Crippen LogP contribution >= 0.6 is 11.6 Å². The zero-order chi connectivity index (χ0) is 23.6. The highest BCUT2D eigenvalue weighted by Gasteiger charge is 2.38. The van der Waals surface area contributed by atoms with Crippen LogP contribution in [0.2, 0.25) is 5.02 Å². The van der Waals surface area contributed by atoms with Gasteiger partial charge < -0.3 is 19.9 Å². The Balaban J connectivity index is 1.47. The maximum atomic E-state index is 13.3. The van der Waals surface area contributed by atoms with Crippen molar-refractivity contribution in [3.63, 3.8) is 0 Å². The summed E-state index contributed by atoms with van der Waals surface area (Å²) in [6.45, 7) is 11.9. The summed E-state index contributed by atoms with van der Waals surface area (Å²) in [5, 5.41) is 3.71.